The highest BCUT2D eigenvalue weighted by molar-refractivity contribution is 7.99. The van der Waals surface area contributed by atoms with Crippen LogP contribution in [0.2, 0.25) is 0 Å². The number of carbonyl (C=O) groups excluding carboxylic acids is 2. The summed E-state index contributed by atoms with van der Waals surface area (Å²) in [5.74, 6) is 2.21. The molecule has 1 unspecified atom stereocenters. The van der Waals surface area contributed by atoms with Crippen molar-refractivity contribution in [2.45, 2.75) is 37.5 Å². The summed E-state index contributed by atoms with van der Waals surface area (Å²) in [6, 6.07) is 10.5. The van der Waals surface area contributed by atoms with Gasteiger partial charge in [0.05, 0.1) is 0 Å². The van der Waals surface area contributed by atoms with E-state index >= 15 is 0 Å². The molecule has 1 aromatic carbocycles. The van der Waals surface area contributed by atoms with Crippen molar-refractivity contribution >= 4 is 23.6 Å². The van der Waals surface area contributed by atoms with Gasteiger partial charge in [-0.2, -0.15) is 0 Å². The minimum Gasteiger partial charge on any atom is -0.343 e. The fourth-order valence-electron chi connectivity index (χ4n) is 3.83. The molecule has 2 saturated heterocycles. The van der Waals surface area contributed by atoms with Crippen LogP contribution < -0.4 is 0 Å². The van der Waals surface area contributed by atoms with Crippen LogP contribution in [0.3, 0.4) is 0 Å². The lowest BCUT2D eigenvalue weighted by molar-refractivity contribution is -0.141. The Kier molecular flexibility index (Phi) is 6.40. The van der Waals surface area contributed by atoms with Crippen molar-refractivity contribution in [3.63, 3.8) is 0 Å². The summed E-state index contributed by atoms with van der Waals surface area (Å²) in [5, 5.41) is 0. The number of rotatable bonds is 4. The summed E-state index contributed by atoms with van der Waals surface area (Å²) >= 11 is 1.90. The molecule has 5 heteroatoms. The standard InChI is InChI=1S/C20H28N2O2S/c1-16(23)21-12-9-18(10-13-21)20(24)22-11-5-6-17(14-22)15-25-19-7-3-2-4-8-19/h2-4,7-8,17-18H,5-6,9-15H2,1H3. The molecule has 0 aromatic heterocycles. The average Bonchev–Trinajstić information content (AvgIpc) is 2.67. The van der Waals surface area contributed by atoms with Gasteiger partial charge in [-0.15, -0.1) is 11.8 Å². The molecule has 0 spiro atoms. The van der Waals surface area contributed by atoms with E-state index in [1.165, 1.54) is 11.3 Å². The Hall–Kier alpha value is -1.49. The number of hydrogen-bond acceptors (Lipinski definition) is 3. The normalized spacial score (nSPS) is 22.0. The average molecular weight is 361 g/mol. The lowest BCUT2D eigenvalue weighted by atomic mass is 9.92. The van der Waals surface area contributed by atoms with Crippen LogP contribution in [-0.4, -0.2) is 53.5 Å². The maximum atomic E-state index is 12.9. The zero-order valence-electron chi connectivity index (χ0n) is 15.0. The van der Waals surface area contributed by atoms with Crippen LogP contribution in [0.15, 0.2) is 35.2 Å². The molecular weight excluding hydrogens is 332 g/mol. The Morgan fingerprint density at radius 3 is 2.44 bits per heavy atom. The fourth-order valence-corrected chi connectivity index (χ4v) is 4.88. The third kappa shape index (κ3) is 5.00. The molecule has 2 aliphatic heterocycles. The van der Waals surface area contributed by atoms with E-state index in [0.29, 0.717) is 11.8 Å². The van der Waals surface area contributed by atoms with Crippen molar-refractivity contribution in [3.8, 4) is 0 Å². The number of amides is 2. The smallest absolute Gasteiger partial charge is 0.225 e. The van der Waals surface area contributed by atoms with Gasteiger partial charge in [-0.25, -0.2) is 0 Å². The topological polar surface area (TPSA) is 40.6 Å². The van der Waals surface area contributed by atoms with E-state index < -0.39 is 0 Å². The molecule has 1 aromatic rings. The molecule has 136 valence electrons. The zero-order chi connectivity index (χ0) is 17.6. The van der Waals surface area contributed by atoms with Crippen molar-refractivity contribution < 1.29 is 9.59 Å². The van der Waals surface area contributed by atoms with E-state index in [2.05, 4.69) is 29.2 Å². The highest BCUT2D eigenvalue weighted by Crippen LogP contribution is 2.28. The zero-order valence-corrected chi connectivity index (χ0v) is 15.8. The summed E-state index contributed by atoms with van der Waals surface area (Å²) < 4.78 is 0. The molecule has 2 heterocycles. The summed E-state index contributed by atoms with van der Waals surface area (Å²) in [6.07, 6.45) is 3.96. The number of likely N-dealkylation sites (tertiary alicyclic amines) is 2. The number of piperidine rings is 2. The van der Waals surface area contributed by atoms with E-state index in [1.807, 2.05) is 22.7 Å². The molecule has 0 radical (unpaired) electrons. The van der Waals surface area contributed by atoms with Crippen LogP contribution >= 0.6 is 11.8 Å². The second-order valence-electron chi connectivity index (χ2n) is 7.20. The third-order valence-electron chi connectivity index (χ3n) is 5.35. The second kappa shape index (κ2) is 8.75. The molecule has 25 heavy (non-hydrogen) atoms. The summed E-state index contributed by atoms with van der Waals surface area (Å²) in [4.78, 5) is 29.6. The minimum atomic E-state index is 0.108. The molecule has 2 amide bonds. The van der Waals surface area contributed by atoms with Gasteiger partial charge >= 0.3 is 0 Å². The van der Waals surface area contributed by atoms with E-state index in [0.717, 1.165) is 51.2 Å². The van der Waals surface area contributed by atoms with Crippen LogP contribution in [0.5, 0.6) is 0 Å². The SMILES string of the molecule is CC(=O)N1CCC(C(=O)N2CCCC(CSc3ccccc3)C2)CC1. The fraction of sp³-hybridized carbons (Fsp3) is 0.600. The predicted octanol–water partition coefficient (Wildman–Crippen LogP) is 3.28. The van der Waals surface area contributed by atoms with Crippen LogP contribution in [0, 0.1) is 11.8 Å². The number of benzene rings is 1. The molecule has 4 nitrogen and oxygen atoms in total. The monoisotopic (exact) mass is 360 g/mol. The first-order valence-electron chi connectivity index (χ1n) is 9.35. The number of nitrogens with zero attached hydrogens (tertiary/aromatic N) is 2. The Bertz CT molecular complexity index is 585. The van der Waals surface area contributed by atoms with Crippen molar-refractivity contribution in [1.29, 1.82) is 0 Å². The highest BCUT2D eigenvalue weighted by atomic mass is 32.2. The van der Waals surface area contributed by atoms with Crippen molar-refractivity contribution in [2.24, 2.45) is 11.8 Å². The quantitative estimate of drug-likeness (QED) is 0.774. The van der Waals surface area contributed by atoms with Gasteiger partial charge in [0.1, 0.15) is 0 Å². The van der Waals surface area contributed by atoms with E-state index in [9.17, 15) is 9.59 Å². The van der Waals surface area contributed by atoms with Crippen molar-refractivity contribution in [3.05, 3.63) is 30.3 Å². The molecule has 0 bridgehead atoms. The van der Waals surface area contributed by atoms with Gasteiger partial charge in [-0.05, 0) is 43.7 Å². The maximum absolute atomic E-state index is 12.9. The van der Waals surface area contributed by atoms with E-state index in [-0.39, 0.29) is 11.8 Å². The second-order valence-corrected chi connectivity index (χ2v) is 8.29. The van der Waals surface area contributed by atoms with Gasteiger partial charge in [-0.1, -0.05) is 18.2 Å². The third-order valence-corrected chi connectivity index (χ3v) is 6.59. The van der Waals surface area contributed by atoms with Gasteiger partial charge in [0, 0.05) is 49.7 Å². The molecular formula is C20H28N2O2S. The lowest BCUT2D eigenvalue weighted by Crippen LogP contribution is -2.47. The first-order valence-corrected chi connectivity index (χ1v) is 10.3. The Morgan fingerprint density at radius 1 is 1.04 bits per heavy atom. The molecule has 0 N–H and O–H groups in total. The molecule has 0 saturated carbocycles. The van der Waals surface area contributed by atoms with E-state index in [4.69, 9.17) is 0 Å². The molecule has 2 fully saturated rings. The minimum absolute atomic E-state index is 0.108. The van der Waals surface area contributed by atoms with Gasteiger partial charge in [0.15, 0.2) is 0 Å². The van der Waals surface area contributed by atoms with Crippen LogP contribution in [0.25, 0.3) is 0 Å². The van der Waals surface area contributed by atoms with Gasteiger partial charge < -0.3 is 9.80 Å². The van der Waals surface area contributed by atoms with Crippen molar-refractivity contribution in [2.75, 3.05) is 31.9 Å². The van der Waals surface area contributed by atoms with Crippen LogP contribution in [-0.2, 0) is 9.59 Å². The van der Waals surface area contributed by atoms with Gasteiger partial charge in [-0.3, -0.25) is 9.59 Å². The van der Waals surface area contributed by atoms with E-state index in [1.54, 1.807) is 6.92 Å². The summed E-state index contributed by atoms with van der Waals surface area (Å²) in [7, 11) is 0. The Morgan fingerprint density at radius 2 is 1.76 bits per heavy atom. The highest BCUT2D eigenvalue weighted by Gasteiger charge is 2.31. The van der Waals surface area contributed by atoms with Crippen LogP contribution in [0.1, 0.15) is 32.6 Å². The predicted molar refractivity (Wildman–Crippen MR) is 101 cm³/mol. The number of hydrogen-bond donors (Lipinski definition) is 0. The largest absolute Gasteiger partial charge is 0.343 e. The first-order chi connectivity index (χ1) is 12.1. The lowest BCUT2D eigenvalue weighted by Gasteiger charge is -2.37. The van der Waals surface area contributed by atoms with Gasteiger partial charge in [0.2, 0.25) is 11.8 Å². The van der Waals surface area contributed by atoms with Crippen molar-refractivity contribution in [1.82, 2.24) is 9.80 Å². The van der Waals surface area contributed by atoms with Gasteiger partial charge in [0.25, 0.3) is 0 Å². The molecule has 3 rings (SSSR count). The molecule has 0 aliphatic carbocycles. The Balaban J connectivity index is 1.47. The maximum Gasteiger partial charge on any atom is 0.225 e. The van der Waals surface area contributed by atoms with Crippen LogP contribution in [0.4, 0.5) is 0 Å². The Labute approximate surface area is 154 Å². The summed E-state index contributed by atoms with van der Waals surface area (Å²) in [6.45, 7) is 4.87. The summed E-state index contributed by atoms with van der Waals surface area (Å²) in [5.41, 5.74) is 0. The first kappa shape index (κ1) is 18.3. The molecule has 2 aliphatic rings. The molecule has 1 atom stereocenters. The number of carbonyl (C=O) groups is 2. The number of thioether (sulfide) groups is 1.